The van der Waals surface area contributed by atoms with E-state index in [2.05, 4.69) is 0 Å². The number of hydrogen-bond acceptors (Lipinski definition) is 7. The van der Waals surface area contributed by atoms with Crippen LogP contribution in [-0.2, 0) is 14.3 Å². The number of rotatable bonds is 2. The molecule has 0 aromatic heterocycles. The van der Waals surface area contributed by atoms with Gasteiger partial charge in [-0.2, -0.15) is 0 Å². The Morgan fingerprint density at radius 1 is 1.10 bits per heavy atom. The van der Waals surface area contributed by atoms with Gasteiger partial charge in [-0.05, 0) is 68.3 Å². The van der Waals surface area contributed by atoms with Gasteiger partial charge < -0.3 is 30.0 Å². The SMILES string of the molecule is C[C@]12[C@H](O)C[C@@H]3[C@H](CC[C@]4(O)C[C@@H](O)CC[C@]34C=O)[C@@]1(O)CC[C@@H]2C1=CC(=O)OC1. The van der Waals surface area contributed by atoms with Crippen LogP contribution in [0.15, 0.2) is 11.6 Å². The van der Waals surface area contributed by atoms with Crippen LogP contribution in [0.4, 0.5) is 0 Å². The quantitative estimate of drug-likeness (QED) is 0.386. The number of aliphatic hydroxyl groups excluding tert-OH is 2. The van der Waals surface area contributed by atoms with Crippen LogP contribution in [0.25, 0.3) is 0 Å². The second-order valence-corrected chi connectivity index (χ2v) is 10.7. The standard InChI is InChI=1S/C23H32O7/c1-20-15(13-8-19(27)30-11-13)4-7-23(20,29)16-3-6-22(28)10-14(25)2-5-21(22,12-24)17(16)9-18(20)26/h8,12,14-18,25-26,28-29H,2-7,9-11H2,1H3/t14-,15+,16-,17+,18+,20-,21-,22-,23-/m0/s1. The zero-order valence-electron chi connectivity index (χ0n) is 17.4. The number of carbonyl (C=O) groups is 2. The number of esters is 1. The fourth-order valence-electron chi connectivity index (χ4n) is 8.33. The third kappa shape index (κ3) is 2.30. The summed E-state index contributed by atoms with van der Waals surface area (Å²) in [5.74, 6) is -1.11. The van der Waals surface area contributed by atoms with Gasteiger partial charge in [-0.1, -0.05) is 6.92 Å². The number of aliphatic hydroxyl groups is 4. The van der Waals surface area contributed by atoms with Crippen molar-refractivity contribution >= 4 is 12.3 Å². The summed E-state index contributed by atoms with van der Waals surface area (Å²) in [6, 6.07) is 0. The monoisotopic (exact) mass is 420 g/mol. The molecule has 0 saturated heterocycles. The average Bonchev–Trinajstić information content (AvgIpc) is 3.23. The van der Waals surface area contributed by atoms with Gasteiger partial charge in [0.25, 0.3) is 0 Å². The fraction of sp³-hybridized carbons (Fsp3) is 0.826. The predicted octanol–water partition coefficient (Wildman–Crippen LogP) is 0.869. The molecule has 9 atom stereocenters. The summed E-state index contributed by atoms with van der Waals surface area (Å²) < 4.78 is 5.11. The Labute approximate surface area is 176 Å². The molecule has 4 fully saturated rings. The first-order chi connectivity index (χ1) is 14.1. The van der Waals surface area contributed by atoms with Crippen LogP contribution < -0.4 is 0 Å². The normalized spacial score (nSPS) is 55.2. The number of fused-ring (bicyclic) bond motifs is 5. The van der Waals surface area contributed by atoms with Gasteiger partial charge in [0.2, 0.25) is 0 Å². The summed E-state index contributed by atoms with van der Waals surface area (Å²) >= 11 is 0. The van der Waals surface area contributed by atoms with E-state index >= 15 is 0 Å². The van der Waals surface area contributed by atoms with Gasteiger partial charge in [-0.25, -0.2) is 4.79 Å². The smallest absolute Gasteiger partial charge is 0.331 e. The van der Waals surface area contributed by atoms with E-state index in [1.54, 1.807) is 0 Å². The van der Waals surface area contributed by atoms with Crippen LogP contribution in [0.5, 0.6) is 0 Å². The maximum atomic E-state index is 12.5. The van der Waals surface area contributed by atoms with Crippen LogP contribution >= 0.6 is 0 Å². The fourth-order valence-corrected chi connectivity index (χ4v) is 8.33. The Hall–Kier alpha value is -1.28. The van der Waals surface area contributed by atoms with Gasteiger partial charge in [0.05, 0.1) is 28.8 Å². The molecule has 1 heterocycles. The first-order valence-electron chi connectivity index (χ1n) is 11.3. The molecule has 1 aliphatic heterocycles. The molecule has 0 radical (unpaired) electrons. The number of hydrogen-bond donors (Lipinski definition) is 4. The lowest BCUT2D eigenvalue weighted by atomic mass is 9.41. The summed E-state index contributed by atoms with van der Waals surface area (Å²) in [6.45, 7) is 2.11. The minimum absolute atomic E-state index is 0.161. The molecule has 0 amide bonds. The van der Waals surface area contributed by atoms with Crippen molar-refractivity contribution in [2.24, 2.45) is 28.6 Å². The first kappa shape index (κ1) is 20.6. The maximum absolute atomic E-state index is 12.5. The van der Waals surface area contributed by atoms with E-state index in [0.717, 1.165) is 11.9 Å². The van der Waals surface area contributed by atoms with Crippen molar-refractivity contribution in [2.75, 3.05) is 6.61 Å². The van der Waals surface area contributed by atoms with Crippen molar-refractivity contribution in [1.29, 1.82) is 0 Å². The van der Waals surface area contributed by atoms with Gasteiger partial charge in [0.15, 0.2) is 0 Å². The predicted molar refractivity (Wildman–Crippen MR) is 105 cm³/mol. The van der Waals surface area contributed by atoms with Crippen LogP contribution in [0.2, 0.25) is 0 Å². The molecule has 0 bridgehead atoms. The van der Waals surface area contributed by atoms with Crippen LogP contribution in [0, 0.1) is 28.6 Å². The second-order valence-electron chi connectivity index (χ2n) is 10.7. The molecule has 30 heavy (non-hydrogen) atoms. The molecule has 166 valence electrons. The highest BCUT2D eigenvalue weighted by atomic mass is 16.5. The molecule has 0 aromatic carbocycles. The molecule has 4 aliphatic carbocycles. The second kappa shape index (κ2) is 6.37. The summed E-state index contributed by atoms with van der Waals surface area (Å²) in [5, 5.41) is 45.2. The van der Waals surface area contributed by atoms with Crippen LogP contribution in [0.1, 0.15) is 58.3 Å². The van der Waals surface area contributed by atoms with Crippen molar-refractivity contribution in [2.45, 2.75) is 81.7 Å². The molecular formula is C23H32O7. The number of aldehydes is 1. The van der Waals surface area contributed by atoms with Gasteiger partial charge in [0.1, 0.15) is 12.9 Å². The number of cyclic esters (lactones) is 1. The third-order valence-electron chi connectivity index (χ3n) is 9.94. The summed E-state index contributed by atoms with van der Waals surface area (Å²) in [7, 11) is 0. The van der Waals surface area contributed by atoms with Crippen molar-refractivity contribution in [3.8, 4) is 0 Å². The molecule has 7 nitrogen and oxygen atoms in total. The van der Waals surface area contributed by atoms with Crippen molar-refractivity contribution < 1.29 is 34.8 Å². The van der Waals surface area contributed by atoms with E-state index in [4.69, 9.17) is 4.74 Å². The molecule has 0 aromatic rings. The lowest BCUT2D eigenvalue weighted by molar-refractivity contribution is -0.270. The molecule has 5 rings (SSSR count). The minimum Gasteiger partial charge on any atom is -0.458 e. The molecule has 0 spiro atoms. The highest BCUT2D eigenvalue weighted by Gasteiger charge is 2.73. The number of carbonyl (C=O) groups excluding carboxylic acids is 2. The van der Waals surface area contributed by atoms with E-state index < -0.39 is 34.2 Å². The zero-order chi connectivity index (χ0) is 21.5. The summed E-state index contributed by atoms with van der Waals surface area (Å²) in [5.41, 5.74) is -3.57. The Morgan fingerprint density at radius 2 is 1.87 bits per heavy atom. The maximum Gasteiger partial charge on any atom is 0.331 e. The van der Waals surface area contributed by atoms with Gasteiger partial charge in [0, 0.05) is 17.9 Å². The molecule has 5 aliphatic rings. The van der Waals surface area contributed by atoms with Crippen molar-refractivity contribution in [3.63, 3.8) is 0 Å². The first-order valence-corrected chi connectivity index (χ1v) is 11.3. The van der Waals surface area contributed by atoms with Gasteiger partial charge in [-0.3, -0.25) is 0 Å². The van der Waals surface area contributed by atoms with Gasteiger partial charge in [-0.15, -0.1) is 0 Å². The largest absolute Gasteiger partial charge is 0.458 e. The Kier molecular flexibility index (Phi) is 4.38. The lowest BCUT2D eigenvalue weighted by Crippen LogP contribution is -2.71. The average molecular weight is 421 g/mol. The summed E-state index contributed by atoms with van der Waals surface area (Å²) in [6.07, 6.45) is 4.15. The topological polar surface area (TPSA) is 124 Å². The van der Waals surface area contributed by atoms with E-state index in [0.29, 0.717) is 44.9 Å². The lowest BCUT2D eigenvalue weighted by Gasteiger charge is -2.66. The molecule has 0 unspecified atom stereocenters. The zero-order valence-corrected chi connectivity index (χ0v) is 17.4. The summed E-state index contributed by atoms with van der Waals surface area (Å²) in [4.78, 5) is 24.2. The third-order valence-corrected chi connectivity index (χ3v) is 9.94. The highest BCUT2D eigenvalue weighted by molar-refractivity contribution is 5.85. The molecule has 4 N–H and O–H groups in total. The Morgan fingerprint density at radius 3 is 2.53 bits per heavy atom. The van der Waals surface area contributed by atoms with Crippen LogP contribution in [0.3, 0.4) is 0 Å². The van der Waals surface area contributed by atoms with E-state index in [1.807, 2.05) is 6.92 Å². The Balaban J connectivity index is 1.56. The molecule has 7 heteroatoms. The van der Waals surface area contributed by atoms with E-state index in [9.17, 15) is 30.0 Å². The van der Waals surface area contributed by atoms with E-state index in [1.165, 1.54) is 6.08 Å². The van der Waals surface area contributed by atoms with Crippen LogP contribution in [-0.4, -0.2) is 62.7 Å². The van der Waals surface area contributed by atoms with Crippen molar-refractivity contribution in [3.05, 3.63) is 11.6 Å². The Bertz CT molecular complexity index is 809. The van der Waals surface area contributed by atoms with Gasteiger partial charge >= 0.3 is 5.97 Å². The molecule has 4 saturated carbocycles. The van der Waals surface area contributed by atoms with Crippen molar-refractivity contribution in [1.82, 2.24) is 0 Å². The van der Waals surface area contributed by atoms with E-state index in [-0.39, 0.29) is 36.8 Å². The highest BCUT2D eigenvalue weighted by Crippen LogP contribution is 2.70. The number of ether oxygens (including phenoxy) is 1. The minimum atomic E-state index is -1.30. The molecular weight excluding hydrogens is 388 g/mol.